The van der Waals surface area contributed by atoms with Crippen LogP contribution in [0.5, 0.6) is 0 Å². The number of amides is 1. The largest absolute Gasteiger partial charge is 0.476 e. The van der Waals surface area contributed by atoms with E-state index in [1.807, 2.05) is 0 Å². The molecule has 0 aromatic carbocycles. The average Bonchev–Trinajstić information content (AvgIpc) is 2.93. The van der Waals surface area contributed by atoms with Crippen LogP contribution < -0.4 is 9.80 Å². The topological polar surface area (TPSA) is 104 Å². The molecule has 0 saturated carbocycles. The van der Waals surface area contributed by atoms with Crippen LogP contribution in [0.25, 0.3) is 0 Å². The zero-order valence-electron chi connectivity index (χ0n) is 11.9. The molecule has 1 aliphatic heterocycles. The van der Waals surface area contributed by atoms with Crippen LogP contribution in [-0.2, 0) is 11.8 Å². The van der Waals surface area contributed by atoms with Crippen LogP contribution in [0.2, 0.25) is 0 Å². The van der Waals surface area contributed by atoms with Crippen LogP contribution in [0.3, 0.4) is 0 Å². The number of rotatable bonds is 3. The quantitative estimate of drug-likeness (QED) is 0.834. The van der Waals surface area contributed by atoms with Crippen LogP contribution in [0.1, 0.15) is 10.5 Å². The summed E-state index contributed by atoms with van der Waals surface area (Å²) < 4.78 is 1.64. The monoisotopic (exact) mass is 302 g/mol. The maximum atomic E-state index is 12.3. The highest BCUT2D eigenvalue weighted by Crippen LogP contribution is 2.18. The van der Waals surface area contributed by atoms with E-state index in [2.05, 4.69) is 15.1 Å². The van der Waals surface area contributed by atoms with Crippen molar-refractivity contribution < 1.29 is 14.7 Å². The van der Waals surface area contributed by atoms with E-state index in [4.69, 9.17) is 5.11 Å². The lowest BCUT2D eigenvalue weighted by atomic mass is 10.3. The Morgan fingerprint density at radius 3 is 2.59 bits per heavy atom. The first-order valence-electron chi connectivity index (χ1n) is 6.64. The number of aromatic nitrogens is 4. The summed E-state index contributed by atoms with van der Waals surface area (Å²) in [5, 5.41) is 12.9. The van der Waals surface area contributed by atoms with Crippen LogP contribution in [0, 0.1) is 0 Å². The molecule has 9 nitrogen and oxygen atoms in total. The Morgan fingerprint density at radius 2 is 2.05 bits per heavy atom. The minimum absolute atomic E-state index is 0.0663. The second-order valence-electron chi connectivity index (χ2n) is 4.90. The minimum Gasteiger partial charge on any atom is -0.476 e. The van der Waals surface area contributed by atoms with Gasteiger partial charge in [-0.15, -0.1) is 0 Å². The number of aryl methyl sites for hydroxylation is 1. The smallest absolute Gasteiger partial charge is 0.356 e. The Bertz CT molecular complexity index is 711. The normalized spacial score (nSPS) is 15.2. The third kappa shape index (κ3) is 2.60. The second-order valence-corrected chi connectivity index (χ2v) is 4.90. The van der Waals surface area contributed by atoms with E-state index in [1.54, 1.807) is 33.9 Å². The molecule has 0 aliphatic carbocycles. The van der Waals surface area contributed by atoms with E-state index in [-0.39, 0.29) is 18.1 Å². The summed E-state index contributed by atoms with van der Waals surface area (Å²) in [6.07, 6.45) is 6.00. The van der Waals surface area contributed by atoms with E-state index >= 15 is 0 Å². The number of aromatic carboxylic acids is 1. The van der Waals surface area contributed by atoms with Crippen LogP contribution in [0.15, 0.2) is 24.8 Å². The fraction of sp³-hybridized carbons (Fsp3) is 0.308. The molecule has 1 N–H and O–H groups in total. The highest BCUT2D eigenvalue weighted by atomic mass is 16.4. The second kappa shape index (κ2) is 5.43. The number of nitrogens with zero attached hydrogens (tertiary/aromatic N) is 6. The van der Waals surface area contributed by atoms with Crippen molar-refractivity contribution >= 4 is 23.4 Å². The molecule has 2 aromatic heterocycles. The highest BCUT2D eigenvalue weighted by Gasteiger charge is 2.26. The van der Waals surface area contributed by atoms with Gasteiger partial charge in [0, 0.05) is 26.3 Å². The molecule has 1 fully saturated rings. The Hall–Kier alpha value is -2.97. The molecule has 1 saturated heterocycles. The number of piperazine rings is 1. The van der Waals surface area contributed by atoms with Gasteiger partial charge in [0.25, 0.3) is 0 Å². The predicted octanol–water partition coefficient (Wildman–Crippen LogP) is -0.239. The summed E-state index contributed by atoms with van der Waals surface area (Å²) in [5.41, 5.74) is 0.642. The molecule has 2 aromatic rings. The van der Waals surface area contributed by atoms with Crippen molar-refractivity contribution in [3.63, 3.8) is 0 Å². The lowest BCUT2D eigenvalue weighted by molar-refractivity contribution is -0.117. The third-order valence-electron chi connectivity index (χ3n) is 3.40. The van der Waals surface area contributed by atoms with E-state index in [9.17, 15) is 9.59 Å². The lowest BCUT2D eigenvalue weighted by Gasteiger charge is -2.34. The van der Waals surface area contributed by atoms with E-state index in [0.717, 1.165) is 5.69 Å². The molecule has 1 amide bonds. The van der Waals surface area contributed by atoms with Crippen LogP contribution in [-0.4, -0.2) is 56.4 Å². The summed E-state index contributed by atoms with van der Waals surface area (Å²) in [6, 6.07) is 0. The number of carboxylic acids is 1. The summed E-state index contributed by atoms with van der Waals surface area (Å²) in [5.74, 6) is -0.705. The van der Waals surface area contributed by atoms with Gasteiger partial charge in [-0.1, -0.05) is 0 Å². The molecule has 9 heteroatoms. The van der Waals surface area contributed by atoms with Crippen LogP contribution >= 0.6 is 0 Å². The first-order chi connectivity index (χ1) is 10.5. The molecular formula is C13H14N6O3. The lowest BCUT2D eigenvalue weighted by Crippen LogP contribution is -2.50. The molecule has 0 spiro atoms. The van der Waals surface area contributed by atoms with E-state index < -0.39 is 5.97 Å². The molecule has 3 rings (SSSR count). The zero-order valence-corrected chi connectivity index (χ0v) is 11.9. The molecule has 22 heavy (non-hydrogen) atoms. The van der Waals surface area contributed by atoms with Crippen molar-refractivity contribution in [2.75, 3.05) is 29.4 Å². The number of anilines is 2. The average molecular weight is 302 g/mol. The summed E-state index contributed by atoms with van der Waals surface area (Å²) in [6.45, 7) is 1.25. The summed E-state index contributed by atoms with van der Waals surface area (Å²) >= 11 is 0. The van der Waals surface area contributed by atoms with Gasteiger partial charge in [-0.3, -0.25) is 9.48 Å². The van der Waals surface area contributed by atoms with Gasteiger partial charge in [0.1, 0.15) is 5.82 Å². The molecule has 0 bridgehead atoms. The van der Waals surface area contributed by atoms with Gasteiger partial charge in [-0.05, 0) is 0 Å². The van der Waals surface area contributed by atoms with Gasteiger partial charge in [-0.2, -0.15) is 5.10 Å². The Morgan fingerprint density at radius 1 is 1.23 bits per heavy atom. The van der Waals surface area contributed by atoms with Crippen molar-refractivity contribution in [1.82, 2.24) is 19.7 Å². The molecule has 0 unspecified atom stereocenters. The maximum absolute atomic E-state index is 12.3. The number of hydrogen-bond donors (Lipinski definition) is 1. The first-order valence-corrected chi connectivity index (χ1v) is 6.64. The highest BCUT2D eigenvalue weighted by molar-refractivity contribution is 5.97. The van der Waals surface area contributed by atoms with Crippen LogP contribution in [0.4, 0.5) is 11.5 Å². The number of hydrogen-bond acceptors (Lipinski definition) is 6. The molecule has 1 aliphatic rings. The third-order valence-corrected chi connectivity index (χ3v) is 3.40. The number of carbonyl (C=O) groups excluding carboxylic acids is 1. The fourth-order valence-electron chi connectivity index (χ4n) is 2.28. The van der Waals surface area contributed by atoms with Gasteiger partial charge in [0.05, 0.1) is 30.8 Å². The van der Waals surface area contributed by atoms with E-state index in [0.29, 0.717) is 18.9 Å². The van der Waals surface area contributed by atoms with Crippen molar-refractivity contribution in [2.45, 2.75) is 0 Å². The zero-order chi connectivity index (χ0) is 15.7. The predicted molar refractivity (Wildman–Crippen MR) is 76.8 cm³/mol. The SMILES string of the molecule is Cn1cc(N2CCN(c3cnc(C(=O)O)cn3)CC2=O)cn1. The summed E-state index contributed by atoms with van der Waals surface area (Å²) in [4.78, 5) is 34.3. The fourth-order valence-corrected chi connectivity index (χ4v) is 2.28. The van der Waals surface area contributed by atoms with Crippen molar-refractivity contribution in [1.29, 1.82) is 0 Å². The van der Waals surface area contributed by atoms with Gasteiger partial charge in [0.2, 0.25) is 5.91 Å². The molecule has 114 valence electrons. The van der Waals surface area contributed by atoms with Gasteiger partial charge in [0.15, 0.2) is 5.69 Å². The summed E-state index contributed by atoms with van der Waals surface area (Å²) in [7, 11) is 1.80. The standard InChI is InChI=1S/C13H14N6O3/c1-17-7-9(4-16-17)19-3-2-18(8-12(19)20)11-6-14-10(5-15-11)13(21)22/h4-7H,2-3,8H2,1H3,(H,21,22). The first kappa shape index (κ1) is 14.0. The number of carbonyl (C=O) groups is 2. The minimum atomic E-state index is -1.13. The van der Waals surface area contributed by atoms with Gasteiger partial charge in [-0.25, -0.2) is 14.8 Å². The van der Waals surface area contributed by atoms with Crippen molar-refractivity contribution in [3.05, 3.63) is 30.5 Å². The van der Waals surface area contributed by atoms with Crippen molar-refractivity contribution in [2.24, 2.45) is 7.05 Å². The van der Waals surface area contributed by atoms with Gasteiger partial charge < -0.3 is 14.9 Å². The molecule has 0 radical (unpaired) electrons. The Labute approximate surface area is 125 Å². The Balaban J connectivity index is 1.72. The molecule has 3 heterocycles. The molecule has 0 atom stereocenters. The van der Waals surface area contributed by atoms with E-state index in [1.165, 1.54) is 12.4 Å². The Kier molecular flexibility index (Phi) is 3.45. The maximum Gasteiger partial charge on any atom is 0.356 e. The van der Waals surface area contributed by atoms with Gasteiger partial charge >= 0.3 is 5.97 Å². The van der Waals surface area contributed by atoms with Crippen molar-refractivity contribution in [3.8, 4) is 0 Å². The number of carboxylic acid groups (broad SMARTS) is 1. The molecular weight excluding hydrogens is 288 g/mol.